The van der Waals surface area contributed by atoms with E-state index in [1.807, 2.05) is 0 Å². The first kappa shape index (κ1) is 18.1. The van der Waals surface area contributed by atoms with Gasteiger partial charge in [0.2, 0.25) is 0 Å². The van der Waals surface area contributed by atoms with Gasteiger partial charge < -0.3 is 10.6 Å². The van der Waals surface area contributed by atoms with Crippen LogP contribution in [-0.4, -0.2) is 28.0 Å². The Morgan fingerprint density at radius 2 is 2.13 bits per heavy atom. The monoisotopic (exact) mass is 366 g/mol. The Morgan fingerprint density at radius 1 is 1.43 bits per heavy atom. The summed E-state index contributed by atoms with van der Waals surface area (Å²) in [6.45, 7) is 5.02. The zero-order valence-corrected chi connectivity index (χ0v) is 14.0. The molecule has 0 atom stereocenters. The number of aromatic nitrogens is 2. The summed E-state index contributed by atoms with van der Waals surface area (Å²) < 4.78 is 40.2. The maximum atomic E-state index is 12.9. The lowest BCUT2D eigenvalue weighted by Gasteiger charge is -2.10. The molecule has 1 aliphatic carbocycles. The highest BCUT2D eigenvalue weighted by Crippen LogP contribution is 2.46. The van der Waals surface area contributed by atoms with Crippen LogP contribution in [0.5, 0.6) is 0 Å². The molecule has 0 spiro atoms. The summed E-state index contributed by atoms with van der Waals surface area (Å²) in [6, 6.07) is 0. The molecule has 0 saturated heterocycles. The first-order chi connectivity index (χ1) is 10.8. The summed E-state index contributed by atoms with van der Waals surface area (Å²) in [4.78, 5) is 0. The number of hydrogen-bond donors (Lipinski definition) is 2. The molecular weight excluding hydrogens is 349 g/mol. The van der Waals surface area contributed by atoms with Crippen molar-refractivity contribution in [3.05, 3.63) is 29.1 Å². The maximum Gasteiger partial charge on any atom is 0.436 e. The minimum atomic E-state index is -4.53. The fourth-order valence-corrected chi connectivity index (χ4v) is 2.79. The van der Waals surface area contributed by atoms with Crippen molar-refractivity contribution in [3.63, 3.8) is 0 Å². The third kappa shape index (κ3) is 4.84. The van der Waals surface area contributed by atoms with E-state index in [1.165, 1.54) is 4.68 Å². The standard InChI is InChI=1S/C14H18ClF3N4S/c1-2-6-19-13(23)20-7-3-8-22-11(9-4-5-9)10(15)12(21-22)14(16,17)18/h2,9H,1,3-8H2,(H2,19,20,23). The van der Waals surface area contributed by atoms with Crippen LogP contribution in [-0.2, 0) is 12.7 Å². The molecule has 0 aromatic carbocycles. The zero-order chi connectivity index (χ0) is 17.0. The minimum absolute atomic E-state index is 0.0920. The lowest BCUT2D eigenvalue weighted by molar-refractivity contribution is -0.141. The van der Waals surface area contributed by atoms with Gasteiger partial charge in [0.05, 0.1) is 10.7 Å². The number of nitrogens with one attached hydrogen (secondary N) is 2. The normalized spacial score (nSPS) is 14.6. The Balaban J connectivity index is 1.94. The van der Waals surface area contributed by atoms with E-state index >= 15 is 0 Å². The highest BCUT2D eigenvalue weighted by Gasteiger charge is 2.41. The van der Waals surface area contributed by atoms with E-state index in [9.17, 15) is 13.2 Å². The number of aryl methyl sites for hydroxylation is 1. The van der Waals surface area contributed by atoms with E-state index in [4.69, 9.17) is 23.8 Å². The van der Waals surface area contributed by atoms with Crippen molar-refractivity contribution in [2.45, 2.75) is 37.9 Å². The number of halogens is 4. The molecular formula is C14H18ClF3N4S. The van der Waals surface area contributed by atoms with E-state index in [-0.39, 0.29) is 10.9 Å². The lowest BCUT2D eigenvalue weighted by Crippen LogP contribution is -2.36. The molecule has 1 aromatic rings. The third-order valence-electron chi connectivity index (χ3n) is 3.40. The van der Waals surface area contributed by atoms with Crippen LogP contribution in [0.3, 0.4) is 0 Å². The summed E-state index contributed by atoms with van der Waals surface area (Å²) in [6.07, 6.45) is -0.543. The van der Waals surface area contributed by atoms with Crippen LogP contribution in [0.2, 0.25) is 5.02 Å². The average Bonchev–Trinajstić information content (AvgIpc) is 3.24. The highest BCUT2D eigenvalue weighted by molar-refractivity contribution is 7.80. The molecule has 0 amide bonds. The van der Waals surface area contributed by atoms with Crippen LogP contribution in [0, 0.1) is 0 Å². The predicted molar refractivity (Wildman–Crippen MR) is 87.6 cm³/mol. The molecule has 128 valence electrons. The van der Waals surface area contributed by atoms with E-state index in [2.05, 4.69) is 22.3 Å². The average molecular weight is 367 g/mol. The van der Waals surface area contributed by atoms with Crippen molar-refractivity contribution in [2.24, 2.45) is 0 Å². The van der Waals surface area contributed by atoms with Gasteiger partial charge in [0, 0.05) is 25.6 Å². The second-order valence-corrected chi connectivity index (χ2v) is 6.11. The number of nitrogens with zero attached hydrogens (tertiary/aromatic N) is 2. The Bertz CT molecular complexity index is 581. The Morgan fingerprint density at radius 3 is 2.70 bits per heavy atom. The number of hydrogen-bond acceptors (Lipinski definition) is 2. The van der Waals surface area contributed by atoms with Gasteiger partial charge in [0.1, 0.15) is 0 Å². The molecule has 2 rings (SSSR count). The van der Waals surface area contributed by atoms with Gasteiger partial charge in [-0.3, -0.25) is 4.68 Å². The van der Waals surface area contributed by atoms with Gasteiger partial charge in [0.15, 0.2) is 10.8 Å². The van der Waals surface area contributed by atoms with Crippen molar-refractivity contribution in [1.82, 2.24) is 20.4 Å². The zero-order valence-electron chi connectivity index (χ0n) is 12.4. The van der Waals surface area contributed by atoms with E-state index < -0.39 is 11.9 Å². The SMILES string of the molecule is C=CCNC(=S)NCCCn1nc(C(F)(F)F)c(Cl)c1C1CC1. The molecule has 1 saturated carbocycles. The van der Waals surface area contributed by atoms with Crippen LogP contribution in [0.4, 0.5) is 13.2 Å². The molecule has 0 aliphatic heterocycles. The molecule has 2 N–H and O–H groups in total. The quantitative estimate of drug-likeness (QED) is 0.440. The lowest BCUT2D eigenvalue weighted by atomic mass is 10.2. The number of rotatable bonds is 7. The van der Waals surface area contributed by atoms with E-state index in [0.29, 0.717) is 36.9 Å². The van der Waals surface area contributed by atoms with Gasteiger partial charge in [0.25, 0.3) is 0 Å². The van der Waals surface area contributed by atoms with Crippen molar-refractivity contribution in [2.75, 3.05) is 13.1 Å². The Hall–Kier alpha value is -1.28. The molecule has 9 heteroatoms. The molecule has 1 aliphatic rings. The van der Waals surface area contributed by atoms with Crippen LogP contribution < -0.4 is 10.6 Å². The van der Waals surface area contributed by atoms with Crippen LogP contribution in [0.25, 0.3) is 0 Å². The van der Waals surface area contributed by atoms with Gasteiger partial charge in [-0.1, -0.05) is 17.7 Å². The van der Waals surface area contributed by atoms with Gasteiger partial charge in [-0.05, 0) is 31.5 Å². The van der Waals surface area contributed by atoms with Crippen molar-refractivity contribution in [1.29, 1.82) is 0 Å². The van der Waals surface area contributed by atoms with Crippen LogP contribution in [0.15, 0.2) is 12.7 Å². The summed E-state index contributed by atoms with van der Waals surface area (Å²) in [5.74, 6) is 0.0920. The molecule has 1 heterocycles. The maximum absolute atomic E-state index is 12.9. The van der Waals surface area contributed by atoms with Crippen molar-refractivity contribution in [3.8, 4) is 0 Å². The minimum Gasteiger partial charge on any atom is -0.363 e. The van der Waals surface area contributed by atoms with Gasteiger partial charge in [-0.25, -0.2) is 0 Å². The Kier molecular flexibility index (Phi) is 5.91. The topological polar surface area (TPSA) is 41.9 Å². The summed E-state index contributed by atoms with van der Waals surface area (Å²) >= 11 is 10.9. The molecule has 4 nitrogen and oxygen atoms in total. The largest absolute Gasteiger partial charge is 0.436 e. The molecule has 0 radical (unpaired) electrons. The summed E-state index contributed by atoms with van der Waals surface area (Å²) in [7, 11) is 0. The molecule has 23 heavy (non-hydrogen) atoms. The second kappa shape index (κ2) is 7.53. The Labute approximate surface area is 143 Å². The predicted octanol–water partition coefficient (Wildman–Crippen LogP) is 3.47. The molecule has 0 unspecified atom stereocenters. The summed E-state index contributed by atoms with van der Waals surface area (Å²) in [5.41, 5.74) is -0.483. The molecule has 1 aromatic heterocycles. The fraction of sp³-hybridized carbons (Fsp3) is 0.571. The van der Waals surface area contributed by atoms with Crippen molar-refractivity contribution < 1.29 is 13.2 Å². The molecule has 0 bridgehead atoms. The van der Waals surface area contributed by atoms with Gasteiger partial charge in [-0.2, -0.15) is 18.3 Å². The third-order valence-corrected chi connectivity index (χ3v) is 4.06. The van der Waals surface area contributed by atoms with Crippen LogP contribution >= 0.6 is 23.8 Å². The van der Waals surface area contributed by atoms with Gasteiger partial charge in [-0.15, -0.1) is 6.58 Å². The molecule has 1 fully saturated rings. The van der Waals surface area contributed by atoms with E-state index in [0.717, 1.165) is 12.8 Å². The van der Waals surface area contributed by atoms with E-state index in [1.54, 1.807) is 6.08 Å². The van der Waals surface area contributed by atoms with Gasteiger partial charge >= 0.3 is 6.18 Å². The number of alkyl halides is 3. The highest BCUT2D eigenvalue weighted by atomic mass is 35.5. The second-order valence-electron chi connectivity index (χ2n) is 5.32. The first-order valence-corrected chi connectivity index (χ1v) is 8.09. The number of thiocarbonyl (C=S) groups is 1. The van der Waals surface area contributed by atoms with Crippen molar-refractivity contribution >= 4 is 28.9 Å². The smallest absolute Gasteiger partial charge is 0.363 e. The first-order valence-electron chi connectivity index (χ1n) is 7.30. The fourth-order valence-electron chi connectivity index (χ4n) is 2.21. The van der Waals surface area contributed by atoms with Crippen LogP contribution in [0.1, 0.15) is 36.6 Å². The summed E-state index contributed by atoms with van der Waals surface area (Å²) in [5, 5.41) is 9.81.